The molecule has 1 fully saturated rings. The second kappa shape index (κ2) is 4.31. The van der Waals surface area contributed by atoms with Gasteiger partial charge in [-0.15, -0.1) is 0 Å². The lowest BCUT2D eigenvalue weighted by Crippen LogP contribution is -2.43. The molecule has 4 nitrogen and oxygen atoms in total. The van der Waals surface area contributed by atoms with Gasteiger partial charge in [-0.05, 0) is 17.7 Å². The molecule has 4 heteroatoms. The Morgan fingerprint density at radius 2 is 2.40 bits per heavy atom. The molecule has 1 heterocycles. The zero-order valence-electron chi connectivity index (χ0n) is 8.27. The van der Waals surface area contributed by atoms with Gasteiger partial charge in [0.1, 0.15) is 12.4 Å². The van der Waals surface area contributed by atoms with Crippen LogP contribution in [0.5, 0.6) is 5.75 Å². The third-order valence-corrected chi connectivity index (χ3v) is 2.35. The van der Waals surface area contributed by atoms with Crippen LogP contribution in [0.15, 0.2) is 24.3 Å². The Morgan fingerprint density at radius 3 is 3.07 bits per heavy atom. The monoisotopic (exact) mass is 207 g/mol. The van der Waals surface area contributed by atoms with Gasteiger partial charge in [0.2, 0.25) is 5.91 Å². The van der Waals surface area contributed by atoms with Crippen molar-refractivity contribution in [3.8, 4) is 5.75 Å². The largest absolute Gasteiger partial charge is 0.508 e. The van der Waals surface area contributed by atoms with Gasteiger partial charge in [-0.2, -0.15) is 0 Å². The van der Waals surface area contributed by atoms with Crippen molar-refractivity contribution >= 4 is 5.91 Å². The number of nitrogens with one attached hydrogen (secondary N) is 1. The van der Waals surface area contributed by atoms with Gasteiger partial charge in [-0.3, -0.25) is 4.79 Å². The Hall–Kier alpha value is -1.55. The zero-order chi connectivity index (χ0) is 10.7. The van der Waals surface area contributed by atoms with Crippen LogP contribution in [0.4, 0.5) is 0 Å². The highest BCUT2D eigenvalue weighted by Gasteiger charge is 2.18. The number of carbonyl (C=O) groups is 1. The Bertz CT molecular complexity index is 355. The molecule has 1 saturated heterocycles. The molecule has 1 aliphatic heterocycles. The van der Waals surface area contributed by atoms with E-state index in [2.05, 4.69) is 5.32 Å². The van der Waals surface area contributed by atoms with E-state index in [1.165, 1.54) is 0 Å². The van der Waals surface area contributed by atoms with E-state index in [-0.39, 0.29) is 24.4 Å². The van der Waals surface area contributed by atoms with Crippen LogP contribution in [0, 0.1) is 0 Å². The van der Waals surface area contributed by atoms with Crippen LogP contribution >= 0.6 is 0 Å². The van der Waals surface area contributed by atoms with E-state index >= 15 is 0 Å². The first-order valence-corrected chi connectivity index (χ1v) is 4.90. The van der Waals surface area contributed by atoms with Crippen LogP contribution in [0.2, 0.25) is 0 Å². The molecule has 0 saturated carbocycles. The highest BCUT2D eigenvalue weighted by Crippen LogP contribution is 2.14. The first-order valence-electron chi connectivity index (χ1n) is 4.90. The van der Waals surface area contributed by atoms with Gasteiger partial charge < -0.3 is 15.2 Å². The van der Waals surface area contributed by atoms with Gasteiger partial charge in [-0.25, -0.2) is 0 Å². The lowest BCUT2D eigenvalue weighted by molar-refractivity contribution is -0.133. The number of rotatable bonds is 2. The minimum absolute atomic E-state index is 0.00417. The number of hydrogen-bond acceptors (Lipinski definition) is 3. The number of ether oxygens (including phenoxy) is 1. The number of amides is 1. The number of phenolic OH excluding ortho intramolecular Hbond substituents is 1. The summed E-state index contributed by atoms with van der Waals surface area (Å²) in [4.78, 5) is 10.8. The van der Waals surface area contributed by atoms with Crippen LogP contribution in [0.3, 0.4) is 0 Å². The first-order chi connectivity index (χ1) is 7.24. The molecule has 0 radical (unpaired) electrons. The molecule has 1 aliphatic rings. The third-order valence-electron chi connectivity index (χ3n) is 2.35. The maximum absolute atomic E-state index is 10.8. The third kappa shape index (κ3) is 2.70. The minimum Gasteiger partial charge on any atom is -0.508 e. The fraction of sp³-hybridized carbons (Fsp3) is 0.364. The summed E-state index contributed by atoms with van der Waals surface area (Å²) in [6.45, 7) is 0.665. The topological polar surface area (TPSA) is 58.6 Å². The summed E-state index contributed by atoms with van der Waals surface area (Å²) in [6, 6.07) is 7.07. The number of morpholine rings is 1. The molecule has 0 spiro atoms. The van der Waals surface area contributed by atoms with Crippen LogP contribution < -0.4 is 5.32 Å². The summed E-state index contributed by atoms with van der Waals surface area (Å²) in [7, 11) is 0. The van der Waals surface area contributed by atoms with E-state index in [9.17, 15) is 9.90 Å². The number of aromatic hydroxyl groups is 1. The highest BCUT2D eigenvalue weighted by molar-refractivity contribution is 5.77. The van der Waals surface area contributed by atoms with Gasteiger partial charge in [0.15, 0.2) is 0 Å². The Kier molecular flexibility index (Phi) is 2.87. The molecule has 0 aliphatic carbocycles. The Labute approximate surface area is 87.9 Å². The standard InChI is InChI=1S/C11H13NO3/c13-9-3-1-2-8(4-9)5-10-6-12-11(14)7-15-10/h1-4,10,13H,5-7H2,(H,12,14). The Balaban J connectivity index is 1.94. The van der Waals surface area contributed by atoms with E-state index in [4.69, 9.17) is 4.74 Å². The van der Waals surface area contributed by atoms with E-state index < -0.39 is 0 Å². The molecular weight excluding hydrogens is 194 g/mol. The normalized spacial score (nSPS) is 21.1. The van der Waals surface area contributed by atoms with E-state index in [1.807, 2.05) is 6.07 Å². The zero-order valence-corrected chi connectivity index (χ0v) is 8.27. The fourth-order valence-electron chi connectivity index (χ4n) is 1.61. The van der Waals surface area contributed by atoms with E-state index in [0.717, 1.165) is 5.56 Å². The molecule has 15 heavy (non-hydrogen) atoms. The molecule has 0 aromatic heterocycles. The van der Waals surface area contributed by atoms with Crippen molar-refractivity contribution in [2.24, 2.45) is 0 Å². The van der Waals surface area contributed by atoms with Crippen molar-refractivity contribution < 1.29 is 14.6 Å². The van der Waals surface area contributed by atoms with Gasteiger partial charge in [0.25, 0.3) is 0 Å². The van der Waals surface area contributed by atoms with Crippen molar-refractivity contribution in [1.29, 1.82) is 0 Å². The summed E-state index contributed by atoms with van der Waals surface area (Å²) in [6.07, 6.45) is 0.707. The second-order valence-electron chi connectivity index (χ2n) is 3.61. The van der Waals surface area contributed by atoms with Crippen LogP contribution in [0.25, 0.3) is 0 Å². The summed E-state index contributed by atoms with van der Waals surface area (Å²) in [5.41, 5.74) is 1.01. The van der Waals surface area contributed by atoms with Gasteiger partial charge in [0.05, 0.1) is 6.10 Å². The van der Waals surface area contributed by atoms with Gasteiger partial charge >= 0.3 is 0 Å². The lowest BCUT2D eigenvalue weighted by atomic mass is 10.1. The number of benzene rings is 1. The quantitative estimate of drug-likeness (QED) is 0.740. The van der Waals surface area contributed by atoms with E-state index in [1.54, 1.807) is 18.2 Å². The molecule has 80 valence electrons. The van der Waals surface area contributed by atoms with Crippen molar-refractivity contribution in [2.45, 2.75) is 12.5 Å². The Morgan fingerprint density at radius 1 is 1.53 bits per heavy atom. The van der Waals surface area contributed by atoms with E-state index in [0.29, 0.717) is 13.0 Å². The van der Waals surface area contributed by atoms with Crippen LogP contribution in [0.1, 0.15) is 5.56 Å². The minimum atomic E-state index is -0.0674. The number of phenols is 1. The average Bonchev–Trinajstić information content (AvgIpc) is 2.22. The molecule has 1 aromatic carbocycles. The van der Waals surface area contributed by atoms with Gasteiger partial charge in [0, 0.05) is 13.0 Å². The molecule has 0 bridgehead atoms. The first kappa shape index (κ1) is 9.98. The molecule has 1 aromatic rings. The summed E-state index contributed by atoms with van der Waals surface area (Å²) in [5.74, 6) is 0.189. The summed E-state index contributed by atoms with van der Waals surface area (Å²) in [5, 5.41) is 12.0. The van der Waals surface area contributed by atoms with Crippen molar-refractivity contribution in [1.82, 2.24) is 5.32 Å². The van der Waals surface area contributed by atoms with Gasteiger partial charge in [-0.1, -0.05) is 12.1 Å². The van der Waals surface area contributed by atoms with Crippen LogP contribution in [-0.4, -0.2) is 30.3 Å². The predicted molar refractivity (Wildman–Crippen MR) is 54.6 cm³/mol. The predicted octanol–water partition coefficient (Wildman–Crippen LogP) is 0.450. The fourth-order valence-corrected chi connectivity index (χ4v) is 1.61. The van der Waals surface area contributed by atoms with Crippen molar-refractivity contribution in [2.75, 3.05) is 13.2 Å². The number of carbonyl (C=O) groups excluding carboxylic acids is 1. The smallest absolute Gasteiger partial charge is 0.246 e. The maximum Gasteiger partial charge on any atom is 0.246 e. The summed E-state index contributed by atoms with van der Waals surface area (Å²) >= 11 is 0. The molecule has 1 unspecified atom stereocenters. The SMILES string of the molecule is O=C1COC(Cc2cccc(O)c2)CN1. The molecule has 1 atom stereocenters. The summed E-state index contributed by atoms with van der Waals surface area (Å²) < 4.78 is 5.34. The second-order valence-corrected chi connectivity index (χ2v) is 3.61. The molecular formula is C11H13NO3. The average molecular weight is 207 g/mol. The van der Waals surface area contributed by atoms with Crippen LogP contribution in [-0.2, 0) is 16.0 Å². The maximum atomic E-state index is 10.8. The molecule has 1 amide bonds. The van der Waals surface area contributed by atoms with Crippen molar-refractivity contribution in [3.63, 3.8) is 0 Å². The highest BCUT2D eigenvalue weighted by atomic mass is 16.5. The molecule has 2 rings (SSSR count). The molecule has 2 N–H and O–H groups in total. The number of hydrogen-bond donors (Lipinski definition) is 2. The lowest BCUT2D eigenvalue weighted by Gasteiger charge is -2.23. The van der Waals surface area contributed by atoms with Crippen molar-refractivity contribution in [3.05, 3.63) is 29.8 Å².